The first-order chi connectivity index (χ1) is 7.08. The maximum absolute atomic E-state index is 3.82. The van der Waals surface area contributed by atoms with Gasteiger partial charge in [0, 0.05) is 25.0 Å². The van der Waals surface area contributed by atoms with Gasteiger partial charge in [-0.2, -0.15) is 0 Å². The summed E-state index contributed by atoms with van der Waals surface area (Å²) >= 11 is 2.28. The molecule has 82 valence electrons. The number of anilines is 2. The second kappa shape index (κ2) is 5.39. The first-order valence-corrected chi connectivity index (χ1v) is 5.95. The van der Waals surface area contributed by atoms with E-state index >= 15 is 0 Å². The summed E-state index contributed by atoms with van der Waals surface area (Å²) in [5.74, 6) is 0. The average molecular weight is 316 g/mol. The topological polar surface area (TPSA) is 6.48 Å². The molecule has 0 radical (unpaired) electrons. The van der Waals surface area contributed by atoms with Gasteiger partial charge in [-0.25, -0.2) is 0 Å². The quantitative estimate of drug-likeness (QED) is 0.616. The van der Waals surface area contributed by atoms with Crippen LogP contribution in [0.3, 0.4) is 0 Å². The van der Waals surface area contributed by atoms with Crippen LogP contribution >= 0.6 is 22.9 Å². The molecule has 0 heterocycles. The normalized spacial score (nSPS) is 9.87. The maximum Gasteiger partial charge on any atom is 0.0588 e. The van der Waals surface area contributed by atoms with Crippen LogP contribution in [0, 0.1) is 6.92 Å². The molecule has 0 aliphatic rings. The Morgan fingerprint density at radius 3 is 2.40 bits per heavy atom. The van der Waals surface area contributed by atoms with Gasteiger partial charge in [0.1, 0.15) is 0 Å². The lowest BCUT2D eigenvalue weighted by Crippen LogP contribution is -2.14. The molecule has 0 unspecified atom stereocenters. The molecule has 0 atom stereocenters. The summed E-state index contributed by atoms with van der Waals surface area (Å²) in [5, 5.41) is 0. The Morgan fingerprint density at radius 2 is 1.93 bits per heavy atom. The highest BCUT2D eigenvalue weighted by molar-refractivity contribution is 14.1. The summed E-state index contributed by atoms with van der Waals surface area (Å²) in [4.78, 5) is 2.14. The highest BCUT2D eigenvalue weighted by Gasteiger charge is 2.04. The lowest BCUT2D eigenvalue weighted by Gasteiger charge is -2.21. The second-order valence-electron chi connectivity index (χ2n) is 3.47. The van der Waals surface area contributed by atoms with E-state index in [0.29, 0.717) is 0 Å². The monoisotopic (exact) mass is 316 g/mol. The summed E-state index contributed by atoms with van der Waals surface area (Å²) in [6.07, 6.45) is 1.87. The van der Waals surface area contributed by atoms with Crippen molar-refractivity contribution in [3.63, 3.8) is 0 Å². The van der Waals surface area contributed by atoms with Gasteiger partial charge in [0.25, 0.3) is 0 Å². The molecule has 0 saturated carbocycles. The van der Waals surface area contributed by atoms with Gasteiger partial charge >= 0.3 is 0 Å². The number of benzene rings is 1. The van der Waals surface area contributed by atoms with Crippen LogP contribution in [0.1, 0.15) is 12.5 Å². The minimum Gasteiger partial charge on any atom is -0.349 e. The van der Waals surface area contributed by atoms with Gasteiger partial charge in [-0.15, -0.1) is 0 Å². The van der Waals surface area contributed by atoms with Crippen LogP contribution < -0.4 is 8.01 Å². The minimum atomic E-state index is 0.942. The Kier molecular flexibility index (Phi) is 4.45. The number of hydrogen-bond donors (Lipinski definition) is 0. The van der Waals surface area contributed by atoms with E-state index in [4.69, 9.17) is 0 Å². The minimum absolute atomic E-state index is 0.942. The van der Waals surface area contributed by atoms with E-state index in [9.17, 15) is 0 Å². The van der Waals surface area contributed by atoms with E-state index in [1.165, 1.54) is 16.9 Å². The van der Waals surface area contributed by atoms with E-state index in [0.717, 1.165) is 6.54 Å². The van der Waals surface area contributed by atoms with E-state index in [1.807, 2.05) is 13.2 Å². The molecule has 0 aliphatic heterocycles. The molecule has 2 nitrogen and oxygen atoms in total. The van der Waals surface area contributed by atoms with E-state index < -0.39 is 0 Å². The van der Waals surface area contributed by atoms with Crippen LogP contribution in [0.15, 0.2) is 31.0 Å². The third kappa shape index (κ3) is 3.12. The summed E-state index contributed by atoms with van der Waals surface area (Å²) < 4.78 is 2.09. The fraction of sp³-hybridized carbons (Fsp3) is 0.333. The molecule has 0 fully saturated rings. The summed E-state index contributed by atoms with van der Waals surface area (Å²) in [7, 11) is 2.04. The van der Waals surface area contributed by atoms with Crippen molar-refractivity contribution in [3.8, 4) is 0 Å². The molecule has 1 aromatic carbocycles. The summed E-state index contributed by atoms with van der Waals surface area (Å²) in [6.45, 7) is 9.00. The van der Waals surface area contributed by atoms with Gasteiger partial charge in [0.15, 0.2) is 0 Å². The number of hydrogen-bond acceptors (Lipinski definition) is 2. The average Bonchev–Trinajstić information content (AvgIpc) is 2.18. The van der Waals surface area contributed by atoms with Crippen LogP contribution in [0.25, 0.3) is 0 Å². The maximum atomic E-state index is 3.82. The zero-order valence-electron chi connectivity index (χ0n) is 9.50. The van der Waals surface area contributed by atoms with E-state index in [2.05, 4.69) is 69.5 Å². The molecular weight excluding hydrogens is 299 g/mol. The highest BCUT2D eigenvalue weighted by atomic mass is 127. The first-order valence-electron chi connectivity index (χ1n) is 4.99. The Hall–Kier alpha value is -0.710. The Labute approximate surface area is 106 Å². The lowest BCUT2D eigenvalue weighted by atomic mass is 10.2. The third-order valence-corrected chi connectivity index (χ3v) is 2.85. The number of halogens is 1. The standard InChI is InChI=1S/C12H17IN2/c1-5-15(6-2)12-8-10(3)7-11(9-12)14(4)13/h5,7-9H,1,6H2,2-4H3. The van der Waals surface area contributed by atoms with Crippen molar-refractivity contribution >= 4 is 34.2 Å². The number of nitrogens with zero attached hydrogens (tertiary/aromatic N) is 2. The molecule has 0 N–H and O–H groups in total. The van der Waals surface area contributed by atoms with Gasteiger partial charge in [0.2, 0.25) is 0 Å². The van der Waals surface area contributed by atoms with E-state index in [-0.39, 0.29) is 0 Å². The molecule has 0 saturated heterocycles. The predicted octanol–water partition coefficient (Wildman–Crippen LogP) is 3.75. The molecule has 15 heavy (non-hydrogen) atoms. The van der Waals surface area contributed by atoms with Crippen LogP contribution in [-0.4, -0.2) is 13.6 Å². The van der Waals surface area contributed by atoms with Crippen molar-refractivity contribution in [2.75, 3.05) is 21.6 Å². The fourth-order valence-electron chi connectivity index (χ4n) is 1.50. The van der Waals surface area contributed by atoms with E-state index in [1.54, 1.807) is 0 Å². The second-order valence-corrected chi connectivity index (χ2v) is 4.92. The SMILES string of the molecule is C=CN(CC)c1cc(C)cc(N(C)I)c1. The molecular formula is C12H17IN2. The van der Waals surface area contributed by atoms with Gasteiger partial charge in [-0.1, -0.05) is 6.58 Å². The van der Waals surface area contributed by atoms with Gasteiger partial charge in [0.05, 0.1) is 22.9 Å². The van der Waals surface area contributed by atoms with Crippen molar-refractivity contribution in [1.29, 1.82) is 0 Å². The van der Waals surface area contributed by atoms with Crippen molar-refractivity contribution in [2.45, 2.75) is 13.8 Å². The van der Waals surface area contributed by atoms with Crippen LogP contribution in [-0.2, 0) is 0 Å². The molecule has 0 amide bonds. The number of rotatable bonds is 4. The Balaban J connectivity index is 3.13. The van der Waals surface area contributed by atoms with Crippen molar-refractivity contribution in [1.82, 2.24) is 0 Å². The molecule has 1 rings (SSSR count). The molecule has 0 aromatic heterocycles. The molecule has 0 aliphatic carbocycles. The Morgan fingerprint density at radius 1 is 1.33 bits per heavy atom. The molecule has 0 spiro atoms. The predicted molar refractivity (Wildman–Crippen MR) is 76.8 cm³/mol. The van der Waals surface area contributed by atoms with Gasteiger partial charge in [-0.05, 0) is 43.8 Å². The van der Waals surface area contributed by atoms with Crippen molar-refractivity contribution in [2.24, 2.45) is 0 Å². The number of aryl methyl sites for hydroxylation is 1. The largest absolute Gasteiger partial charge is 0.349 e. The van der Waals surface area contributed by atoms with Crippen LogP contribution in [0.5, 0.6) is 0 Å². The molecule has 0 bridgehead atoms. The Bertz CT molecular complexity index is 347. The molecule has 1 aromatic rings. The van der Waals surface area contributed by atoms with Crippen molar-refractivity contribution < 1.29 is 0 Å². The smallest absolute Gasteiger partial charge is 0.0588 e. The lowest BCUT2D eigenvalue weighted by molar-refractivity contribution is 1.02. The zero-order chi connectivity index (χ0) is 11.4. The zero-order valence-corrected chi connectivity index (χ0v) is 11.7. The summed E-state index contributed by atoms with van der Waals surface area (Å²) in [5.41, 5.74) is 3.68. The van der Waals surface area contributed by atoms with Crippen molar-refractivity contribution in [3.05, 3.63) is 36.5 Å². The first kappa shape index (κ1) is 12.4. The third-order valence-electron chi connectivity index (χ3n) is 2.30. The molecule has 3 heteroatoms. The fourth-order valence-corrected chi connectivity index (χ4v) is 1.78. The van der Waals surface area contributed by atoms with Gasteiger partial charge in [-0.3, -0.25) is 0 Å². The van der Waals surface area contributed by atoms with Crippen LogP contribution in [0.2, 0.25) is 0 Å². The van der Waals surface area contributed by atoms with Crippen LogP contribution in [0.4, 0.5) is 11.4 Å². The highest BCUT2D eigenvalue weighted by Crippen LogP contribution is 2.26. The summed E-state index contributed by atoms with van der Waals surface area (Å²) in [6, 6.07) is 6.52. The van der Waals surface area contributed by atoms with Gasteiger partial charge < -0.3 is 8.01 Å².